The molecule has 0 aliphatic heterocycles. The molecule has 1 aromatic carbocycles. The van der Waals surface area contributed by atoms with Crippen molar-refractivity contribution in [1.29, 1.82) is 0 Å². The Labute approximate surface area is 152 Å². The number of hydrogen-bond acceptors (Lipinski definition) is 3. The van der Waals surface area contributed by atoms with Crippen LogP contribution in [0.15, 0.2) is 52.0 Å². The van der Waals surface area contributed by atoms with Crippen molar-refractivity contribution in [2.75, 3.05) is 6.54 Å². The Morgan fingerprint density at radius 2 is 1.96 bits per heavy atom. The molecule has 3 aromatic rings. The van der Waals surface area contributed by atoms with Gasteiger partial charge in [0.05, 0.1) is 12.7 Å². The fourth-order valence-corrected chi connectivity index (χ4v) is 2.99. The van der Waals surface area contributed by atoms with Gasteiger partial charge in [0.2, 0.25) is 11.5 Å². The van der Waals surface area contributed by atoms with Gasteiger partial charge in [-0.25, -0.2) is 0 Å². The number of nitrogens with one attached hydrogen (secondary N) is 1. The second-order valence-corrected chi connectivity index (χ2v) is 6.66. The van der Waals surface area contributed by atoms with Crippen molar-refractivity contribution in [1.82, 2.24) is 9.88 Å². The van der Waals surface area contributed by atoms with Gasteiger partial charge in [-0.2, -0.15) is 0 Å². The van der Waals surface area contributed by atoms with E-state index in [1.165, 1.54) is 11.1 Å². The average Bonchev–Trinajstić information content (AvgIpc) is 2.98. The zero-order valence-corrected chi connectivity index (χ0v) is 15.2. The van der Waals surface area contributed by atoms with Crippen LogP contribution in [-0.2, 0) is 17.8 Å². The SMILES string of the molecule is Cc1cc2occ(CC(=O)NCCCCn3ccccc3=O)c2cc1C. The number of amides is 1. The van der Waals surface area contributed by atoms with Crippen LogP contribution < -0.4 is 10.9 Å². The highest BCUT2D eigenvalue weighted by molar-refractivity contribution is 5.88. The van der Waals surface area contributed by atoms with Crippen LogP contribution in [0.1, 0.15) is 29.5 Å². The number of aromatic nitrogens is 1. The number of pyridine rings is 1. The standard InChI is InChI=1S/C21H24N2O3/c1-15-11-18-17(14-26-19(18)12-16(15)2)13-20(24)22-8-4-6-10-23-9-5-3-7-21(23)25/h3,5,7,9,11-12,14H,4,6,8,10,13H2,1-2H3,(H,22,24). The Balaban J connectivity index is 1.47. The monoisotopic (exact) mass is 352 g/mol. The number of rotatable bonds is 7. The number of unbranched alkanes of at least 4 members (excludes halogenated alkanes) is 1. The normalized spacial score (nSPS) is 11.0. The first-order chi connectivity index (χ1) is 12.5. The topological polar surface area (TPSA) is 64.2 Å². The van der Waals surface area contributed by atoms with E-state index in [-0.39, 0.29) is 11.5 Å². The molecule has 2 aromatic heterocycles. The summed E-state index contributed by atoms with van der Waals surface area (Å²) in [5, 5.41) is 3.95. The number of benzene rings is 1. The van der Waals surface area contributed by atoms with Crippen molar-refractivity contribution in [3.63, 3.8) is 0 Å². The summed E-state index contributed by atoms with van der Waals surface area (Å²) in [6.07, 6.45) is 5.45. The van der Waals surface area contributed by atoms with Crippen LogP contribution in [0.3, 0.4) is 0 Å². The van der Waals surface area contributed by atoms with Crippen LogP contribution in [0.4, 0.5) is 0 Å². The molecule has 0 aliphatic carbocycles. The van der Waals surface area contributed by atoms with Crippen molar-refractivity contribution in [3.05, 3.63) is 69.8 Å². The van der Waals surface area contributed by atoms with Crippen LogP contribution in [-0.4, -0.2) is 17.0 Å². The fourth-order valence-electron chi connectivity index (χ4n) is 2.99. The first-order valence-electron chi connectivity index (χ1n) is 8.94. The summed E-state index contributed by atoms with van der Waals surface area (Å²) in [7, 11) is 0. The van der Waals surface area contributed by atoms with Gasteiger partial charge in [-0.1, -0.05) is 6.07 Å². The predicted octanol–water partition coefficient (Wildman–Crippen LogP) is 3.35. The molecule has 0 radical (unpaired) electrons. The second kappa shape index (κ2) is 8.04. The maximum Gasteiger partial charge on any atom is 0.250 e. The summed E-state index contributed by atoms with van der Waals surface area (Å²) in [6, 6.07) is 9.23. The molecule has 0 unspecified atom stereocenters. The van der Waals surface area contributed by atoms with Crippen molar-refractivity contribution in [2.24, 2.45) is 0 Å². The minimum atomic E-state index is -0.0113. The Morgan fingerprint density at radius 1 is 1.15 bits per heavy atom. The number of aryl methyl sites for hydroxylation is 3. The molecular weight excluding hydrogens is 328 g/mol. The van der Waals surface area contributed by atoms with Crippen molar-refractivity contribution < 1.29 is 9.21 Å². The van der Waals surface area contributed by atoms with Crippen molar-refractivity contribution >= 4 is 16.9 Å². The van der Waals surface area contributed by atoms with Gasteiger partial charge in [0, 0.05) is 36.3 Å². The molecule has 5 nitrogen and oxygen atoms in total. The molecule has 0 bridgehead atoms. The fraction of sp³-hybridized carbons (Fsp3) is 0.333. The zero-order valence-electron chi connectivity index (χ0n) is 15.2. The van der Waals surface area contributed by atoms with Crippen molar-refractivity contribution in [3.8, 4) is 0 Å². The molecule has 1 N–H and O–H groups in total. The molecule has 0 saturated heterocycles. The molecule has 3 rings (SSSR count). The molecule has 2 heterocycles. The van der Waals surface area contributed by atoms with Gasteiger partial charge in [-0.15, -0.1) is 0 Å². The van der Waals surface area contributed by atoms with Crippen LogP contribution in [0.2, 0.25) is 0 Å². The predicted molar refractivity (Wildman–Crippen MR) is 102 cm³/mol. The summed E-state index contributed by atoms with van der Waals surface area (Å²) < 4.78 is 7.26. The molecule has 0 atom stereocenters. The number of carbonyl (C=O) groups is 1. The van der Waals surface area contributed by atoms with Gasteiger partial charge in [-0.3, -0.25) is 9.59 Å². The lowest BCUT2D eigenvalue weighted by Crippen LogP contribution is -2.26. The highest BCUT2D eigenvalue weighted by atomic mass is 16.3. The summed E-state index contributed by atoms with van der Waals surface area (Å²) in [5.74, 6) is -0.0113. The van der Waals surface area contributed by atoms with E-state index in [0.717, 1.165) is 29.4 Å². The van der Waals surface area contributed by atoms with Crippen LogP contribution in [0.25, 0.3) is 11.0 Å². The quantitative estimate of drug-likeness (QED) is 0.663. The summed E-state index contributed by atoms with van der Waals surface area (Å²) >= 11 is 0. The molecule has 5 heteroatoms. The van der Waals surface area contributed by atoms with E-state index in [1.54, 1.807) is 29.2 Å². The van der Waals surface area contributed by atoms with Gasteiger partial charge in [-0.05, 0) is 56.0 Å². The Morgan fingerprint density at radius 3 is 2.77 bits per heavy atom. The number of nitrogens with zero attached hydrogens (tertiary/aromatic N) is 1. The van der Waals surface area contributed by atoms with Crippen molar-refractivity contribution in [2.45, 2.75) is 39.7 Å². The Hall–Kier alpha value is -2.82. The van der Waals surface area contributed by atoms with E-state index < -0.39 is 0 Å². The summed E-state index contributed by atoms with van der Waals surface area (Å²) in [6.45, 7) is 5.38. The lowest BCUT2D eigenvalue weighted by atomic mass is 10.0. The third-order valence-corrected chi connectivity index (χ3v) is 4.67. The molecule has 0 fully saturated rings. The molecule has 0 saturated carbocycles. The van der Waals surface area contributed by atoms with E-state index in [2.05, 4.69) is 18.3 Å². The number of fused-ring (bicyclic) bond motifs is 1. The lowest BCUT2D eigenvalue weighted by Gasteiger charge is -2.06. The van der Waals surface area contributed by atoms with E-state index >= 15 is 0 Å². The van der Waals surface area contributed by atoms with E-state index in [4.69, 9.17) is 4.42 Å². The molecule has 26 heavy (non-hydrogen) atoms. The van der Waals surface area contributed by atoms with Crippen LogP contribution in [0.5, 0.6) is 0 Å². The van der Waals surface area contributed by atoms with Gasteiger partial charge in [0.1, 0.15) is 5.58 Å². The lowest BCUT2D eigenvalue weighted by molar-refractivity contribution is -0.120. The number of hydrogen-bond donors (Lipinski definition) is 1. The van der Waals surface area contributed by atoms with Gasteiger partial charge < -0.3 is 14.3 Å². The Bertz CT molecular complexity index is 969. The van der Waals surface area contributed by atoms with E-state index in [1.807, 2.05) is 19.1 Å². The largest absolute Gasteiger partial charge is 0.464 e. The molecule has 0 spiro atoms. The highest BCUT2D eigenvalue weighted by Gasteiger charge is 2.11. The highest BCUT2D eigenvalue weighted by Crippen LogP contribution is 2.25. The first kappa shape index (κ1) is 18.0. The minimum Gasteiger partial charge on any atom is -0.464 e. The van der Waals surface area contributed by atoms with Crippen LogP contribution >= 0.6 is 0 Å². The van der Waals surface area contributed by atoms with E-state index in [9.17, 15) is 9.59 Å². The Kier molecular flexibility index (Phi) is 5.56. The van der Waals surface area contributed by atoms with Gasteiger partial charge in [0.25, 0.3) is 0 Å². The second-order valence-electron chi connectivity index (χ2n) is 6.66. The first-order valence-corrected chi connectivity index (χ1v) is 8.94. The minimum absolute atomic E-state index is 0.00824. The number of carbonyl (C=O) groups excluding carboxylic acids is 1. The van der Waals surface area contributed by atoms with Gasteiger partial charge >= 0.3 is 0 Å². The maximum atomic E-state index is 12.2. The molecule has 0 aliphatic rings. The number of furan rings is 1. The molecular formula is C21H24N2O3. The molecule has 136 valence electrons. The summed E-state index contributed by atoms with van der Waals surface area (Å²) in [5.41, 5.74) is 4.12. The summed E-state index contributed by atoms with van der Waals surface area (Å²) in [4.78, 5) is 23.8. The zero-order chi connectivity index (χ0) is 18.5. The smallest absolute Gasteiger partial charge is 0.250 e. The third kappa shape index (κ3) is 4.23. The molecule has 1 amide bonds. The maximum absolute atomic E-state index is 12.2. The van der Waals surface area contributed by atoms with Crippen LogP contribution in [0, 0.1) is 13.8 Å². The average molecular weight is 352 g/mol. The van der Waals surface area contributed by atoms with Gasteiger partial charge in [0.15, 0.2) is 0 Å². The van der Waals surface area contributed by atoms with E-state index in [0.29, 0.717) is 19.5 Å². The third-order valence-electron chi connectivity index (χ3n) is 4.67.